The number of hydrogen-bond acceptors (Lipinski definition) is 2. The van der Waals surface area contributed by atoms with Crippen LogP contribution in [0.2, 0.25) is 0 Å². The van der Waals surface area contributed by atoms with Gasteiger partial charge in [0.05, 0.1) is 0 Å². The third-order valence-electron chi connectivity index (χ3n) is 3.01. The van der Waals surface area contributed by atoms with Gasteiger partial charge in [-0.15, -0.1) is 0 Å². The lowest BCUT2D eigenvalue weighted by Gasteiger charge is -2.31. The molecule has 3 nitrogen and oxygen atoms in total. The average Bonchev–Trinajstić information content (AvgIpc) is 2.33. The van der Waals surface area contributed by atoms with Crippen LogP contribution in [0.15, 0.2) is 48.7 Å². The zero-order valence-corrected chi connectivity index (χ0v) is 9.90. The van der Waals surface area contributed by atoms with Gasteiger partial charge in [-0.2, -0.15) is 0 Å². The van der Waals surface area contributed by atoms with Crippen LogP contribution >= 0.6 is 0 Å². The number of rotatable bonds is 3. The molecule has 88 valence electrons. The van der Waals surface area contributed by atoms with Crippen molar-refractivity contribution in [3.05, 3.63) is 59.8 Å². The standard InChI is InChI=1S/C14H17N3/c1-11-4-6-12(7-5-11)10-14(13(15)16)8-2-3-9-17-14/h2-9,17H,10H2,1H3,(H3,15,16). The van der Waals surface area contributed by atoms with Gasteiger partial charge < -0.3 is 11.1 Å². The summed E-state index contributed by atoms with van der Waals surface area (Å²) in [6.45, 7) is 2.06. The van der Waals surface area contributed by atoms with Crippen molar-refractivity contribution in [2.75, 3.05) is 0 Å². The van der Waals surface area contributed by atoms with Crippen LogP contribution < -0.4 is 11.1 Å². The Morgan fingerprint density at radius 2 is 2.00 bits per heavy atom. The largest absolute Gasteiger partial charge is 0.385 e. The molecular formula is C14H17N3. The van der Waals surface area contributed by atoms with Gasteiger partial charge in [0.25, 0.3) is 0 Å². The van der Waals surface area contributed by atoms with Crippen molar-refractivity contribution in [1.29, 1.82) is 5.41 Å². The van der Waals surface area contributed by atoms with E-state index >= 15 is 0 Å². The van der Waals surface area contributed by atoms with Crippen LogP contribution in [0.25, 0.3) is 0 Å². The molecule has 1 aromatic carbocycles. The Labute approximate surface area is 102 Å². The maximum Gasteiger partial charge on any atom is 0.121 e. The van der Waals surface area contributed by atoms with Crippen LogP contribution in [0.3, 0.4) is 0 Å². The molecule has 0 bridgehead atoms. The number of amidine groups is 1. The summed E-state index contributed by atoms with van der Waals surface area (Å²) in [5.41, 5.74) is 7.54. The molecule has 1 unspecified atom stereocenters. The Morgan fingerprint density at radius 3 is 2.53 bits per heavy atom. The van der Waals surface area contributed by atoms with Crippen molar-refractivity contribution in [2.24, 2.45) is 5.73 Å². The quantitative estimate of drug-likeness (QED) is 0.545. The van der Waals surface area contributed by atoms with Crippen molar-refractivity contribution in [3.8, 4) is 0 Å². The highest BCUT2D eigenvalue weighted by atomic mass is 15.0. The van der Waals surface area contributed by atoms with E-state index in [1.165, 1.54) is 11.1 Å². The smallest absolute Gasteiger partial charge is 0.121 e. The lowest BCUT2D eigenvalue weighted by molar-refractivity contribution is 0.578. The third kappa shape index (κ3) is 2.38. The summed E-state index contributed by atoms with van der Waals surface area (Å²) in [6, 6.07) is 8.30. The molecule has 0 aliphatic carbocycles. The molecule has 3 heteroatoms. The van der Waals surface area contributed by atoms with Gasteiger partial charge >= 0.3 is 0 Å². The molecule has 0 spiro atoms. The molecule has 17 heavy (non-hydrogen) atoms. The fourth-order valence-electron chi connectivity index (χ4n) is 1.92. The monoisotopic (exact) mass is 227 g/mol. The third-order valence-corrected chi connectivity index (χ3v) is 3.01. The van der Waals surface area contributed by atoms with Crippen molar-refractivity contribution in [3.63, 3.8) is 0 Å². The van der Waals surface area contributed by atoms with Crippen LogP contribution in [-0.2, 0) is 6.42 Å². The molecule has 0 amide bonds. The summed E-state index contributed by atoms with van der Waals surface area (Å²) in [5, 5.41) is 10.9. The molecule has 1 aliphatic rings. The number of benzene rings is 1. The molecule has 0 aromatic heterocycles. The molecular weight excluding hydrogens is 210 g/mol. The van der Waals surface area contributed by atoms with E-state index in [1.807, 2.05) is 24.4 Å². The van der Waals surface area contributed by atoms with E-state index in [1.54, 1.807) is 0 Å². The number of aryl methyl sites for hydroxylation is 1. The van der Waals surface area contributed by atoms with Gasteiger partial charge in [-0.25, -0.2) is 0 Å². The van der Waals surface area contributed by atoms with E-state index in [-0.39, 0.29) is 5.84 Å². The molecule has 1 aromatic rings. The number of dihydropyridines is 1. The highest BCUT2D eigenvalue weighted by Gasteiger charge is 2.30. The molecule has 0 saturated carbocycles. The fourth-order valence-corrected chi connectivity index (χ4v) is 1.92. The highest BCUT2D eigenvalue weighted by Crippen LogP contribution is 2.18. The predicted octanol–water partition coefficient (Wildman–Crippen LogP) is 1.89. The summed E-state index contributed by atoms with van der Waals surface area (Å²) >= 11 is 0. The van der Waals surface area contributed by atoms with Gasteiger partial charge in [0.2, 0.25) is 0 Å². The number of hydrogen-bond donors (Lipinski definition) is 3. The minimum Gasteiger partial charge on any atom is -0.385 e. The van der Waals surface area contributed by atoms with Crippen LogP contribution in [0.1, 0.15) is 11.1 Å². The first-order chi connectivity index (χ1) is 8.12. The molecule has 0 saturated heterocycles. The van der Waals surface area contributed by atoms with E-state index in [2.05, 4.69) is 36.5 Å². The Bertz CT molecular complexity index is 471. The van der Waals surface area contributed by atoms with Crippen molar-refractivity contribution >= 4 is 5.84 Å². The Hall–Kier alpha value is -2.03. The SMILES string of the molecule is Cc1ccc(CC2(C(=N)N)C=CC=CN2)cc1. The normalized spacial score (nSPS) is 22.2. The molecule has 4 N–H and O–H groups in total. The summed E-state index contributed by atoms with van der Waals surface area (Å²) in [6.07, 6.45) is 8.27. The van der Waals surface area contributed by atoms with Crippen LogP contribution in [0.4, 0.5) is 0 Å². The van der Waals surface area contributed by atoms with Crippen LogP contribution in [0.5, 0.6) is 0 Å². The van der Waals surface area contributed by atoms with E-state index in [4.69, 9.17) is 11.1 Å². The summed E-state index contributed by atoms with van der Waals surface area (Å²) in [5.74, 6) is 0.138. The van der Waals surface area contributed by atoms with Crippen LogP contribution in [-0.4, -0.2) is 11.4 Å². The lowest BCUT2D eigenvalue weighted by Crippen LogP contribution is -2.54. The fraction of sp³-hybridized carbons (Fsp3) is 0.214. The second-order valence-electron chi connectivity index (χ2n) is 4.41. The molecule has 1 atom stereocenters. The number of nitrogens with one attached hydrogen (secondary N) is 2. The molecule has 0 radical (unpaired) electrons. The van der Waals surface area contributed by atoms with Crippen molar-refractivity contribution in [2.45, 2.75) is 18.9 Å². The number of allylic oxidation sites excluding steroid dienone is 2. The van der Waals surface area contributed by atoms with E-state index in [0.717, 1.165) is 0 Å². The Balaban J connectivity index is 2.25. The zero-order valence-electron chi connectivity index (χ0n) is 9.90. The second kappa shape index (κ2) is 4.45. The predicted molar refractivity (Wildman–Crippen MR) is 70.9 cm³/mol. The summed E-state index contributed by atoms with van der Waals surface area (Å²) in [4.78, 5) is 0. The van der Waals surface area contributed by atoms with Gasteiger partial charge in [0.15, 0.2) is 0 Å². The first-order valence-electron chi connectivity index (χ1n) is 5.64. The van der Waals surface area contributed by atoms with Crippen molar-refractivity contribution in [1.82, 2.24) is 5.32 Å². The Kier molecular flexibility index (Phi) is 3.00. The van der Waals surface area contributed by atoms with E-state index in [9.17, 15) is 0 Å². The minimum atomic E-state index is -0.579. The first-order valence-corrected chi connectivity index (χ1v) is 5.64. The second-order valence-corrected chi connectivity index (χ2v) is 4.41. The summed E-state index contributed by atoms with van der Waals surface area (Å²) < 4.78 is 0. The minimum absolute atomic E-state index is 0.138. The topological polar surface area (TPSA) is 61.9 Å². The average molecular weight is 227 g/mol. The first kappa shape index (κ1) is 11.5. The van der Waals surface area contributed by atoms with Gasteiger partial charge in [-0.3, -0.25) is 5.41 Å². The van der Waals surface area contributed by atoms with Gasteiger partial charge in [0, 0.05) is 6.42 Å². The van der Waals surface area contributed by atoms with Gasteiger partial charge in [0.1, 0.15) is 11.4 Å². The Morgan fingerprint density at radius 1 is 1.29 bits per heavy atom. The maximum atomic E-state index is 7.76. The van der Waals surface area contributed by atoms with Crippen molar-refractivity contribution < 1.29 is 0 Å². The number of nitrogens with two attached hydrogens (primary N) is 1. The molecule has 2 rings (SSSR count). The van der Waals surface area contributed by atoms with Gasteiger partial charge in [-0.1, -0.05) is 42.0 Å². The summed E-state index contributed by atoms with van der Waals surface area (Å²) in [7, 11) is 0. The zero-order chi connectivity index (χ0) is 12.3. The molecule has 1 aliphatic heterocycles. The highest BCUT2D eigenvalue weighted by molar-refractivity contribution is 5.90. The molecule has 1 heterocycles. The van der Waals surface area contributed by atoms with Gasteiger partial charge in [-0.05, 0) is 24.8 Å². The van der Waals surface area contributed by atoms with E-state index in [0.29, 0.717) is 6.42 Å². The lowest BCUT2D eigenvalue weighted by atomic mass is 9.88. The molecule has 0 fully saturated rings. The maximum absolute atomic E-state index is 7.76. The van der Waals surface area contributed by atoms with Crippen LogP contribution in [0, 0.1) is 12.3 Å². The van der Waals surface area contributed by atoms with E-state index < -0.39 is 5.54 Å².